The fourth-order valence-corrected chi connectivity index (χ4v) is 2.02. The lowest BCUT2D eigenvalue weighted by atomic mass is 10.1. The van der Waals surface area contributed by atoms with Crippen LogP contribution in [0.15, 0.2) is 24.3 Å². The van der Waals surface area contributed by atoms with Crippen molar-refractivity contribution in [3.05, 3.63) is 35.4 Å². The molecule has 0 saturated heterocycles. The van der Waals surface area contributed by atoms with Gasteiger partial charge in [0.15, 0.2) is 0 Å². The summed E-state index contributed by atoms with van der Waals surface area (Å²) in [6.45, 7) is 7.24. The third-order valence-corrected chi connectivity index (χ3v) is 2.58. The topological polar surface area (TPSA) is 12.0 Å². The van der Waals surface area contributed by atoms with Crippen LogP contribution in [-0.4, -0.2) is 6.54 Å². The Balaban J connectivity index is 0.000000461. The van der Waals surface area contributed by atoms with E-state index in [-0.39, 0.29) is 0 Å². The monoisotopic (exact) mass is 191 g/mol. The van der Waals surface area contributed by atoms with E-state index in [1.807, 2.05) is 13.8 Å². The van der Waals surface area contributed by atoms with Crippen LogP contribution < -0.4 is 5.32 Å². The van der Waals surface area contributed by atoms with Gasteiger partial charge in [-0.3, -0.25) is 0 Å². The first-order valence-corrected chi connectivity index (χ1v) is 5.73. The van der Waals surface area contributed by atoms with Crippen LogP contribution >= 0.6 is 0 Å². The van der Waals surface area contributed by atoms with Crippen LogP contribution in [0.3, 0.4) is 0 Å². The van der Waals surface area contributed by atoms with E-state index in [9.17, 15) is 0 Å². The number of rotatable bonds is 2. The van der Waals surface area contributed by atoms with Crippen molar-refractivity contribution in [2.24, 2.45) is 0 Å². The lowest BCUT2D eigenvalue weighted by Crippen LogP contribution is -2.18. The molecular formula is C13H21N. The van der Waals surface area contributed by atoms with Gasteiger partial charge in [-0.15, -0.1) is 0 Å². The second kappa shape index (κ2) is 5.82. The summed E-state index contributed by atoms with van der Waals surface area (Å²) in [6.07, 6.45) is 2.51. The molecule has 1 aliphatic carbocycles. The Morgan fingerprint density at radius 2 is 2.00 bits per heavy atom. The Morgan fingerprint density at radius 3 is 2.71 bits per heavy atom. The van der Waals surface area contributed by atoms with Gasteiger partial charge >= 0.3 is 0 Å². The Hall–Kier alpha value is -0.820. The van der Waals surface area contributed by atoms with E-state index in [1.165, 1.54) is 24.0 Å². The van der Waals surface area contributed by atoms with Crippen LogP contribution in [0.1, 0.15) is 44.4 Å². The number of nitrogens with one attached hydrogen (secondary N) is 1. The third kappa shape index (κ3) is 2.36. The lowest BCUT2D eigenvalue weighted by molar-refractivity contribution is 0.549. The molecule has 0 unspecified atom stereocenters. The van der Waals surface area contributed by atoms with Crippen LogP contribution in [0, 0.1) is 0 Å². The molecule has 1 heteroatoms. The SMILES string of the molecule is CC.CCN[C@H]1CCc2ccccc21. The summed E-state index contributed by atoms with van der Waals surface area (Å²) in [5.74, 6) is 0. The zero-order valence-corrected chi connectivity index (χ0v) is 9.51. The van der Waals surface area contributed by atoms with E-state index < -0.39 is 0 Å². The van der Waals surface area contributed by atoms with Crippen molar-refractivity contribution in [3.63, 3.8) is 0 Å². The molecule has 0 aliphatic heterocycles. The first kappa shape index (κ1) is 11.3. The van der Waals surface area contributed by atoms with E-state index in [1.54, 1.807) is 0 Å². The minimum atomic E-state index is 0.617. The maximum Gasteiger partial charge on any atom is 0.0326 e. The quantitative estimate of drug-likeness (QED) is 0.756. The number of fused-ring (bicyclic) bond motifs is 1. The predicted molar refractivity (Wildman–Crippen MR) is 62.5 cm³/mol. The first-order chi connectivity index (χ1) is 6.92. The second-order valence-corrected chi connectivity index (χ2v) is 3.35. The van der Waals surface area contributed by atoms with Gasteiger partial charge in [0.25, 0.3) is 0 Å². The zero-order valence-electron chi connectivity index (χ0n) is 9.51. The molecule has 1 aromatic rings. The van der Waals surface area contributed by atoms with E-state index in [4.69, 9.17) is 0 Å². The summed E-state index contributed by atoms with van der Waals surface area (Å²) >= 11 is 0. The molecule has 1 atom stereocenters. The highest BCUT2D eigenvalue weighted by atomic mass is 14.9. The summed E-state index contributed by atoms with van der Waals surface area (Å²) in [5.41, 5.74) is 3.04. The number of hydrogen-bond donors (Lipinski definition) is 1. The fraction of sp³-hybridized carbons (Fsp3) is 0.538. The van der Waals surface area contributed by atoms with Crippen molar-refractivity contribution in [2.45, 2.75) is 39.7 Å². The van der Waals surface area contributed by atoms with Crippen molar-refractivity contribution in [2.75, 3.05) is 6.54 Å². The molecule has 2 rings (SSSR count). The van der Waals surface area contributed by atoms with E-state index in [0.29, 0.717) is 6.04 Å². The molecule has 14 heavy (non-hydrogen) atoms. The molecule has 0 amide bonds. The molecule has 0 fully saturated rings. The van der Waals surface area contributed by atoms with E-state index in [0.717, 1.165) is 6.54 Å². The number of aryl methyl sites for hydroxylation is 1. The van der Waals surface area contributed by atoms with Gasteiger partial charge in [0.05, 0.1) is 0 Å². The highest BCUT2D eigenvalue weighted by Crippen LogP contribution is 2.30. The van der Waals surface area contributed by atoms with Gasteiger partial charge in [-0.1, -0.05) is 45.0 Å². The minimum Gasteiger partial charge on any atom is -0.310 e. The van der Waals surface area contributed by atoms with E-state index in [2.05, 4.69) is 36.5 Å². The van der Waals surface area contributed by atoms with Gasteiger partial charge in [0.1, 0.15) is 0 Å². The van der Waals surface area contributed by atoms with Gasteiger partial charge in [0, 0.05) is 6.04 Å². The maximum absolute atomic E-state index is 3.50. The summed E-state index contributed by atoms with van der Waals surface area (Å²) in [4.78, 5) is 0. The summed E-state index contributed by atoms with van der Waals surface area (Å²) in [6, 6.07) is 9.37. The van der Waals surface area contributed by atoms with E-state index >= 15 is 0 Å². The Bertz CT molecular complexity index is 266. The van der Waals surface area contributed by atoms with Gasteiger partial charge in [0.2, 0.25) is 0 Å². The number of hydrogen-bond acceptors (Lipinski definition) is 1. The Labute approximate surface area is 87.5 Å². The molecule has 1 aromatic carbocycles. The molecular weight excluding hydrogens is 170 g/mol. The van der Waals surface area contributed by atoms with Crippen LogP contribution in [-0.2, 0) is 6.42 Å². The molecule has 78 valence electrons. The van der Waals surface area contributed by atoms with Crippen LogP contribution in [0.4, 0.5) is 0 Å². The van der Waals surface area contributed by atoms with Crippen molar-refractivity contribution < 1.29 is 0 Å². The lowest BCUT2D eigenvalue weighted by Gasteiger charge is -2.11. The van der Waals surface area contributed by atoms with Gasteiger partial charge in [-0.05, 0) is 30.5 Å². The molecule has 1 aliphatic rings. The van der Waals surface area contributed by atoms with Crippen LogP contribution in [0.25, 0.3) is 0 Å². The molecule has 0 radical (unpaired) electrons. The zero-order chi connectivity index (χ0) is 10.4. The average Bonchev–Trinajstić information content (AvgIpc) is 2.66. The molecule has 0 aromatic heterocycles. The molecule has 0 heterocycles. The van der Waals surface area contributed by atoms with Crippen molar-refractivity contribution in [3.8, 4) is 0 Å². The fourth-order valence-electron chi connectivity index (χ4n) is 2.02. The normalized spacial score (nSPS) is 18.4. The second-order valence-electron chi connectivity index (χ2n) is 3.35. The Morgan fingerprint density at radius 1 is 1.29 bits per heavy atom. The minimum absolute atomic E-state index is 0.617. The first-order valence-electron chi connectivity index (χ1n) is 5.73. The average molecular weight is 191 g/mol. The highest BCUT2D eigenvalue weighted by molar-refractivity contribution is 5.34. The van der Waals surface area contributed by atoms with Crippen LogP contribution in [0.2, 0.25) is 0 Å². The number of benzene rings is 1. The summed E-state index contributed by atoms with van der Waals surface area (Å²) in [5, 5.41) is 3.50. The summed E-state index contributed by atoms with van der Waals surface area (Å²) < 4.78 is 0. The molecule has 1 N–H and O–H groups in total. The van der Waals surface area contributed by atoms with Crippen molar-refractivity contribution >= 4 is 0 Å². The van der Waals surface area contributed by atoms with Crippen LogP contribution in [0.5, 0.6) is 0 Å². The predicted octanol–water partition coefficient (Wildman–Crippen LogP) is 3.31. The molecule has 0 bridgehead atoms. The molecule has 1 nitrogen and oxygen atoms in total. The molecule has 0 saturated carbocycles. The standard InChI is InChI=1S/C11H15N.C2H6/c1-2-12-11-8-7-9-5-3-4-6-10(9)11;1-2/h3-6,11-12H,2,7-8H2,1H3;1-2H3/t11-;/m0./s1. The third-order valence-electron chi connectivity index (χ3n) is 2.58. The van der Waals surface area contributed by atoms with Crippen molar-refractivity contribution in [1.29, 1.82) is 0 Å². The van der Waals surface area contributed by atoms with Gasteiger partial charge < -0.3 is 5.32 Å². The molecule has 0 spiro atoms. The maximum atomic E-state index is 3.50. The van der Waals surface area contributed by atoms with Gasteiger partial charge in [-0.2, -0.15) is 0 Å². The van der Waals surface area contributed by atoms with Crippen molar-refractivity contribution in [1.82, 2.24) is 5.32 Å². The highest BCUT2D eigenvalue weighted by Gasteiger charge is 2.19. The summed E-state index contributed by atoms with van der Waals surface area (Å²) in [7, 11) is 0. The Kier molecular flexibility index (Phi) is 4.68. The largest absolute Gasteiger partial charge is 0.310 e. The van der Waals surface area contributed by atoms with Gasteiger partial charge in [-0.25, -0.2) is 0 Å². The smallest absolute Gasteiger partial charge is 0.0326 e.